The van der Waals surface area contributed by atoms with Crippen LogP contribution in [0.1, 0.15) is 26.3 Å². The molecule has 0 aliphatic heterocycles. The first kappa shape index (κ1) is 24.0. The average Bonchev–Trinajstić information content (AvgIpc) is 2.52. The van der Waals surface area contributed by atoms with Gasteiger partial charge in [0.15, 0.2) is 15.8 Å². The average molecular weight is 483 g/mol. The highest BCUT2D eigenvalue weighted by Crippen LogP contribution is 2.14. The van der Waals surface area contributed by atoms with Crippen molar-refractivity contribution in [2.75, 3.05) is 31.1 Å². The number of nitrogens with zero attached hydrogens (tertiary/aromatic N) is 1. The van der Waals surface area contributed by atoms with Crippen LogP contribution in [-0.2, 0) is 9.84 Å². The molecular weight excluding hydrogens is 453 g/mol. The summed E-state index contributed by atoms with van der Waals surface area (Å²) in [5.74, 6) is 1.68. The minimum Gasteiger partial charge on any atom is -0.489 e. The van der Waals surface area contributed by atoms with Crippen LogP contribution in [0.25, 0.3) is 0 Å². The number of halogens is 1. The van der Waals surface area contributed by atoms with E-state index < -0.39 is 9.84 Å². The number of hydrogen-bond donors (Lipinski definition) is 2. The highest BCUT2D eigenvalue weighted by Gasteiger charge is 2.08. The van der Waals surface area contributed by atoms with Crippen molar-refractivity contribution in [2.24, 2.45) is 4.99 Å². The number of benzene rings is 1. The van der Waals surface area contributed by atoms with Crippen molar-refractivity contribution < 1.29 is 13.2 Å². The minimum absolute atomic E-state index is 0. The van der Waals surface area contributed by atoms with Gasteiger partial charge in [-0.25, -0.2) is 13.4 Å². The molecule has 0 radical (unpaired) electrons. The zero-order chi connectivity index (χ0) is 18.0. The first-order valence-corrected chi connectivity index (χ1v) is 10.1. The van der Waals surface area contributed by atoms with Gasteiger partial charge in [-0.05, 0) is 38.5 Å². The van der Waals surface area contributed by atoms with Gasteiger partial charge >= 0.3 is 0 Å². The lowest BCUT2D eigenvalue weighted by atomic mass is 10.2. The summed E-state index contributed by atoms with van der Waals surface area (Å²) in [6.45, 7) is 9.12. The largest absolute Gasteiger partial charge is 0.489 e. The molecule has 1 atom stereocenters. The highest BCUT2D eigenvalue weighted by molar-refractivity contribution is 14.0. The Morgan fingerprint density at radius 2 is 2.00 bits per heavy atom. The Morgan fingerprint density at radius 3 is 2.60 bits per heavy atom. The molecule has 0 fully saturated rings. The summed E-state index contributed by atoms with van der Waals surface area (Å²) < 4.78 is 28.9. The number of rotatable bonds is 9. The fraction of sp³-hybridized carbons (Fsp3) is 0.588. The number of ether oxygens (including phenoxy) is 1. The molecule has 1 aromatic rings. The Bertz CT molecular complexity index is 636. The van der Waals surface area contributed by atoms with E-state index in [1.54, 1.807) is 6.92 Å². The van der Waals surface area contributed by atoms with E-state index in [1.807, 2.05) is 45.0 Å². The summed E-state index contributed by atoms with van der Waals surface area (Å²) in [5, 5.41) is 6.15. The fourth-order valence-corrected chi connectivity index (χ4v) is 2.69. The van der Waals surface area contributed by atoms with E-state index in [0.717, 1.165) is 11.3 Å². The third-order valence-corrected chi connectivity index (χ3v) is 5.03. The third kappa shape index (κ3) is 10.5. The lowest BCUT2D eigenvalue weighted by molar-refractivity contribution is 0.230. The zero-order valence-corrected chi connectivity index (χ0v) is 18.6. The van der Waals surface area contributed by atoms with Crippen LogP contribution in [0.15, 0.2) is 29.3 Å². The van der Waals surface area contributed by atoms with Gasteiger partial charge in [0.05, 0.1) is 12.3 Å². The lowest BCUT2D eigenvalue weighted by Crippen LogP contribution is -2.40. The van der Waals surface area contributed by atoms with Crippen molar-refractivity contribution >= 4 is 39.8 Å². The van der Waals surface area contributed by atoms with Crippen molar-refractivity contribution in [3.8, 4) is 5.75 Å². The van der Waals surface area contributed by atoms with Crippen molar-refractivity contribution in [2.45, 2.75) is 33.8 Å². The summed E-state index contributed by atoms with van der Waals surface area (Å²) in [4.78, 5) is 4.45. The molecule has 1 unspecified atom stereocenters. The number of nitrogens with one attached hydrogen (secondary N) is 2. The van der Waals surface area contributed by atoms with E-state index in [-0.39, 0.29) is 41.6 Å². The Hall–Kier alpha value is -1.03. The van der Waals surface area contributed by atoms with Gasteiger partial charge < -0.3 is 15.4 Å². The first-order valence-electron chi connectivity index (χ1n) is 8.32. The molecule has 0 bridgehead atoms. The molecule has 0 amide bonds. The Kier molecular flexibility index (Phi) is 11.8. The predicted molar refractivity (Wildman–Crippen MR) is 115 cm³/mol. The van der Waals surface area contributed by atoms with Crippen LogP contribution in [0, 0.1) is 6.92 Å². The number of hydrogen-bond acceptors (Lipinski definition) is 4. The number of guanidine groups is 1. The number of aliphatic imine (C=N–C) groups is 1. The summed E-state index contributed by atoms with van der Waals surface area (Å²) >= 11 is 0. The van der Waals surface area contributed by atoms with Gasteiger partial charge in [0, 0.05) is 18.8 Å². The second-order valence-corrected chi connectivity index (χ2v) is 8.10. The SMILES string of the molecule is CCNC(=NCC(C)Oc1cccc(C)c1)NCCS(=O)(=O)CC.I. The molecule has 6 nitrogen and oxygen atoms in total. The van der Waals surface area contributed by atoms with Crippen LogP contribution >= 0.6 is 24.0 Å². The molecule has 1 aromatic carbocycles. The molecule has 2 N–H and O–H groups in total. The van der Waals surface area contributed by atoms with Crippen LogP contribution in [-0.4, -0.2) is 51.6 Å². The molecule has 8 heteroatoms. The van der Waals surface area contributed by atoms with Gasteiger partial charge in [0.2, 0.25) is 0 Å². The molecule has 1 rings (SSSR count). The van der Waals surface area contributed by atoms with Crippen molar-refractivity contribution in [3.05, 3.63) is 29.8 Å². The maximum atomic E-state index is 11.5. The van der Waals surface area contributed by atoms with E-state index in [1.165, 1.54) is 0 Å². The molecule has 0 spiro atoms. The van der Waals surface area contributed by atoms with Gasteiger partial charge in [-0.15, -0.1) is 24.0 Å². The highest BCUT2D eigenvalue weighted by atomic mass is 127. The van der Waals surface area contributed by atoms with Crippen LogP contribution in [0.4, 0.5) is 0 Å². The topological polar surface area (TPSA) is 79.8 Å². The molecule has 144 valence electrons. The second-order valence-electron chi connectivity index (χ2n) is 5.63. The minimum atomic E-state index is -2.98. The first-order chi connectivity index (χ1) is 11.4. The van der Waals surface area contributed by atoms with Crippen LogP contribution in [0.3, 0.4) is 0 Å². The van der Waals surface area contributed by atoms with E-state index >= 15 is 0 Å². The van der Waals surface area contributed by atoms with E-state index in [9.17, 15) is 8.42 Å². The smallest absolute Gasteiger partial charge is 0.191 e. The van der Waals surface area contributed by atoms with E-state index in [2.05, 4.69) is 15.6 Å². The summed E-state index contributed by atoms with van der Waals surface area (Å²) in [6.07, 6.45) is -0.0818. The quantitative estimate of drug-likeness (QED) is 0.320. The molecule has 0 saturated carbocycles. The molecule has 0 saturated heterocycles. The van der Waals surface area contributed by atoms with Crippen LogP contribution in [0.2, 0.25) is 0 Å². The molecular formula is C17H30IN3O3S. The normalized spacial score (nSPS) is 12.9. The second kappa shape index (κ2) is 12.3. The molecule has 0 aromatic heterocycles. The fourth-order valence-electron chi connectivity index (χ4n) is 1.99. The standard InChI is InChI=1S/C17H29N3O3S.HI/c1-5-18-17(19-10-11-24(21,22)6-2)20-13-15(4)23-16-9-7-8-14(3)12-16;/h7-9,12,15H,5-6,10-11,13H2,1-4H3,(H2,18,19,20);1H. The van der Waals surface area contributed by atoms with Crippen molar-refractivity contribution in [1.29, 1.82) is 0 Å². The third-order valence-electron chi connectivity index (χ3n) is 3.32. The summed E-state index contributed by atoms with van der Waals surface area (Å²) in [6, 6.07) is 7.89. The maximum Gasteiger partial charge on any atom is 0.191 e. The molecule has 0 aliphatic rings. The van der Waals surface area contributed by atoms with Crippen LogP contribution < -0.4 is 15.4 Å². The summed E-state index contributed by atoms with van der Waals surface area (Å²) in [7, 11) is -2.98. The van der Waals surface area contributed by atoms with Gasteiger partial charge in [-0.2, -0.15) is 0 Å². The summed E-state index contributed by atoms with van der Waals surface area (Å²) in [5.41, 5.74) is 1.15. The molecule has 0 aliphatic carbocycles. The van der Waals surface area contributed by atoms with Crippen molar-refractivity contribution in [3.63, 3.8) is 0 Å². The van der Waals surface area contributed by atoms with Crippen molar-refractivity contribution in [1.82, 2.24) is 10.6 Å². The van der Waals surface area contributed by atoms with Crippen LogP contribution in [0.5, 0.6) is 5.75 Å². The number of sulfone groups is 1. The van der Waals surface area contributed by atoms with Gasteiger partial charge in [0.25, 0.3) is 0 Å². The Labute approximate surface area is 168 Å². The van der Waals surface area contributed by atoms with Gasteiger partial charge in [-0.1, -0.05) is 19.1 Å². The zero-order valence-electron chi connectivity index (χ0n) is 15.4. The number of aryl methyl sites for hydroxylation is 1. The molecule has 25 heavy (non-hydrogen) atoms. The lowest BCUT2D eigenvalue weighted by Gasteiger charge is -2.15. The van der Waals surface area contributed by atoms with Gasteiger partial charge in [0.1, 0.15) is 11.9 Å². The Balaban J connectivity index is 0.00000576. The predicted octanol–water partition coefficient (Wildman–Crippen LogP) is 2.37. The monoisotopic (exact) mass is 483 g/mol. The molecule has 0 heterocycles. The van der Waals surface area contributed by atoms with Gasteiger partial charge in [-0.3, -0.25) is 0 Å². The maximum absolute atomic E-state index is 11.5. The van der Waals surface area contributed by atoms with E-state index in [0.29, 0.717) is 25.6 Å². The Morgan fingerprint density at radius 1 is 1.28 bits per heavy atom. The van der Waals surface area contributed by atoms with E-state index in [4.69, 9.17) is 4.74 Å².